The molecule has 0 unspecified atom stereocenters. The summed E-state index contributed by atoms with van der Waals surface area (Å²) in [5.41, 5.74) is 0.307. The van der Waals surface area contributed by atoms with Crippen LogP contribution in [0.1, 0.15) is 103 Å². The van der Waals surface area contributed by atoms with Crippen molar-refractivity contribution >= 4 is 17.5 Å². The van der Waals surface area contributed by atoms with E-state index in [0.717, 1.165) is 0 Å². The van der Waals surface area contributed by atoms with E-state index in [2.05, 4.69) is 11.6 Å². The molecule has 0 amide bonds. The normalized spacial score (nSPS) is 20.4. The first kappa shape index (κ1) is 30.4. The first-order valence-corrected chi connectivity index (χ1v) is 12.6. The van der Waals surface area contributed by atoms with Gasteiger partial charge < -0.3 is 23.9 Å². The van der Waals surface area contributed by atoms with Gasteiger partial charge in [-0.1, -0.05) is 26.5 Å². The van der Waals surface area contributed by atoms with Gasteiger partial charge in [-0.25, -0.2) is 14.2 Å². The first-order chi connectivity index (χ1) is 17.0. The van der Waals surface area contributed by atoms with Crippen LogP contribution in [0.25, 0.3) is 5.57 Å². The molecule has 37 heavy (non-hydrogen) atoms. The third kappa shape index (κ3) is 8.93. The van der Waals surface area contributed by atoms with Gasteiger partial charge in [0, 0.05) is 18.5 Å². The molecule has 1 fully saturated rings. The van der Waals surface area contributed by atoms with Crippen molar-refractivity contribution in [2.45, 2.75) is 111 Å². The van der Waals surface area contributed by atoms with E-state index in [1.807, 2.05) is 39.2 Å². The highest BCUT2D eigenvalue weighted by Gasteiger charge is 2.37. The second-order valence-electron chi connectivity index (χ2n) is 11.0. The molecule has 2 heterocycles. The van der Waals surface area contributed by atoms with Gasteiger partial charge in [-0.15, -0.1) is 0 Å². The van der Waals surface area contributed by atoms with Gasteiger partial charge in [-0.3, -0.25) is 4.79 Å². The van der Waals surface area contributed by atoms with Gasteiger partial charge in [0.05, 0.1) is 24.3 Å². The average molecular weight is 521 g/mol. The first-order valence-electron chi connectivity index (χ1n) is 12.6. The van der Waals surface area contributed by atoms with Crippen molar-refractivity contribution in [1.29, 1.82) is 0 Å². The third-order valence-corrected chi connectivity index (χ3v) is 5.68. The van der Waals surface area contributed by atoms with Gasteiger partial charge in [0.15, 0.2) is 11.5 Å². The summed E-state index contributed by atoms with van der Waals surface area (Å²) in [6.45, 7) is 18.8. The van der Waals surface area contributed by atoms with Crippen LogP contribution in [-0.4, -0.2) is 50.2 Å². The molecule has 1 aliphatic rings. The average Bonchev–Trinajstić information content (AvgIpc) is 3.13. The molecular formula is C28H41FN2O6. The van der Waals surface area contributed by atoms with Gasteiger partial charge in [-0.05, 0) is 66.0 Å². The molecule has 0 spiro atoms. The zero-order chi connectivity index (χ0) is 28.1. The summed E-state index contributed by atoms with van der Waals surface area (Å²) in [5.74, 6) is -2.59. The molecule has 2 rings (SSSR count). The molecule has 1 aromatic heterocycles. The Labute approximate surface area is 219 Å². The van der Waals surface area contributed by atoms with Crippen molar-refractivity contribution in [2.75, 3.05) is 0 Å². The summed E-state index contributed by atoms with van der Waals surface area (Å²) < 4.78 is 33.1. The molecule has 8 nitrogen and oxygen atoms in total. The van der Waals surface area contributed by atoms with Crippen molar-refractivity contribution < 1.29 is 33.3 Å². The maximum atomic E-state index is 13.7. The van der Waals surface area contributed by atoms with E-state index in [1.165, 1.54) is 18.2 Å². The number of aromatic carboxylic acids is 1. The van der Waals surface area contributed by atoms with Crippen LogP contribution in [0.3, 0.4) is 0 Å². The molecule has 0 aromatic carbocycles. The molecule has 1 aliphatic heterocycles. The molecule has 206 valence electrons. The topological polar surface area (TPSA) is 99.9 Å². The highest BCUT2D eigenvalue weighted by Crippen LogP contribution is 2.32. The summed E-state index contributed by atoms with van der Waals surface area (Å²) in [4.78, 5) is 28.7. The molecular weight excluding hydrogens is 479 g/mol. The smallest absolute Gasteiger partial charge is 0.356 e. The molecule has 1 saturated heterocycles. The maximum Gasteiger partial charge on any atom is 0.356 e. The lowest BCUT2D eigenvalue weighted by molar-refractivity contribution is -0.301. The number of nitrogens with zero attached hydrogens (tertiary/aromatic N) is 2. The van der Waals surface area contributed by atoms with E-state index >= 15 is 0 Å². The van der Waals surface area contributed by atoms with E-state index in [4.69, 9.17) is 14.2 Å². The molecule has 1 aromatic rings. The number of allylic oxidation sites excluding steroid dienone is 5. The summed E-state index contributed by atoms with van der Waals surface area (Å²) >= 11 is 0. The lowest BCUT2D eigenvalue weighted by Crippen LogP contribution is -2.46. The molecule has 1 N–H and O–H groups in total. The van der Waals surface area contributed by atoms with Crippen LogP contribution in [0, 0.1) is 0 Å². The number of hydrogen-bond acceptors (Lipinski definition) is 6. The van der Waals surface area contributed by atoms with E-state index < -0.39 is 23.2 Å². The number of carboxylic acid groups (broad SMARTS) is 1. The third-order valence-electron chi connectivity index (χ3n) is 5.68. The standard InChI is InChI=1S/C28H41FN2O6/c1-10-19(29)12-11-18(4)25-30-23(26(33)34)24(17(2)3)31(25)14-13-20-15-21(36-28(8,9)35-20)16-22(32)37-27(5,6)7/h10-12,17,20-21H,4,13-16H2,1-3,5-9H3,(H,33,34)/b12-11-,19-10+/t20-,21-/m1/s1. The molecule has 9 heteroatoms. The Balaban J connectivity index is 2.31. The van der Waals surface area contributed by atoms with Crippen LogP contribution in [0.15, 0.2) is 30.6 Å². The van der Waals surface area contributed by atoms with Gasteiger partial charge in [0.2, 0.25) is 0 Å². The SMILES string of the molecule is C=C(/C=C\C(F)=C/C)c1nc(C(=O)O)c(C(C)C)n1CC[C@@H]1C[C@H](CC(=O)OC(C)(C)C)OC(C)(C)O1. The van der Waals surface area contributed by atoms with Gasteiger partial charge >= 0.3 is 11.9 Å². The van der Waals surface area contributed by atoms with Gasteiger partial charge in [-0.2, -0.15) is 0 Å². The van der Waals surface area contributed by atoms with Crippen LogP contribution in [-0.2, 0) is 25.5 Å². The number of carbonyl (C=O) groups excluding carboxylic acids is 1. The molecule has 0 radical (unpaired) electrons. The zero-order valence-corrected chi connectivity index (χ0v) is 23.3. The predicted molar refractivity (Wildman–Crippen MR) is 140 cm³/mol. The summed E-state index contributed by atoms with van der Waals surface area (Å²) in [5, 5.41) is 9.80. The Bertz CT molecular complexity index is 1060. The van der Waals surface area contributed by atoms with Crippen molar-refractivity contribution in [2.24, 2.45) is 0 Å². The number of halogens is 1. The fraction of sp³-hybridized carbons (Fsp3) is 0.607. The monoisotopic (exact) mass is 520 g/mol. The fourth-order valence-corrected chi connectivity index (χ4v) is 4.39. The minimum Gasteiger partial charge on any atom is -0.476 e. The van der Waals surface area contributed by atoms with Crippen LogP contribution in [0.5, 0.6) is 0 Å². The number of esters is 1. The zero-order valence-electron chi connectivity index (χ0n) is 23.3. The van der Waals surface area contributed by atoms with Crippen molar-refractivity contribution in [3.8, 4) is 0 Å². The quantitative estimate of drug-likeness (QED) is 0.290. The highest BCUT2D eigenvalue weighted by molar-refractivity contribution is 5.88. The Morgan fingerprint density at radius 2 is 1.89 bits per heavy atom. The second kappa shape index (κ2) is 12.2. The van der Waals surface area contributed by atoms with E-state index in [0.29, 0.717) is 36.5 Å². The lowest BCUT2D eigenvalue weighted by atomic mass is 10.0. The summed E-state index contributed by atoms with van der Waals surface area (Å²) in [6, 6.07) is 0. The van der Waals surface area contributed by atoms with Gasteiger partial charge in [0.1, 0.15) is 17.3 Å². The number of rotatable bonds is 10. The minimum absolute atomic E-state index is 0.0536. The Morgan fingerprint density at radius 1 is 1.27 bits per heavy atom. The van der Waals surface area contributed by atoms with Gasteiger partial charge in [0.25, 0.3) is 0 Å². The number of carbonyl (C=O) groups is 2. The molecule has 0 saturated carbocycles. The minimum atomic E-state index is -1.14. The second-order valence-corrected chi connectivity index (χ2v) is 11.0. The number of imidazole rings is 1. The molecule has 2 atom stereocenters. The lowest BCUT2D eigenvalue weighted by Gasteiger charge is -2.41. The van der Waals surface area contributed by atoms with E-state index in [9.17, 15) is 19.1 Å². The largest absolute Gasteiger partial charge is 0.476 e. The number of ether oxygens (including phenoxy) is 3. The Kier molecular flexibility index (Phi) is 10.0. The summed E-state index contributed by atoms with van der Waals surface area (Å²) in [7, 11) is 0. The highest BCUT2D eigenvalue weighted by atomic mass is 19.1. The van der Waals surface area contributed by atoms with Crippen molar-refractivity contribution in [3.05, 3.63) is 47.8 Å². The van der Waals surface area contributed by atoms with Crippen LogP contribution in [0.2, 0.25) is 0 Å². The predicted octanol–water partition coefficient (Wildman–Crippen LogP) is 6.18. The molecule has 0 aliphatic carbocycles. The van der Waals surface area contributed by atoms with Crippen LogP contribution < -0.4 is 0 Å². The van der Waals surface area contributed by atoms with Crippen LogP contribution >= 0.6 is 0 Å². The fourth-order valence-electron chi connectivity index (χ4n) is 4.39. The maximum absolute atomic E-state index is 13.7. The van der Waals surface area contributed by atoms with E-state index in [1.54, 1.807) is 20.8 Å². The number of aromatic nitrogens is 2. The van der Waals surface area contributed by atoms with E-state index in [-0.39, 0.29) is 36.2 Å². The number of hydrogen-bond donors (Lipinski definition) is 1. The van der Waals surface area contributed by atoms with Crippen molar-refractivity contribution in [3.63, 3.8) is 0 Å². The number of carboxylic acids is 1. The Hall–Kier alpha value is -2.78. The van der Waals surface area contributed by atoms with Crippen molar-refractivity contribution in [1.82, 2.24) is 9.55 Å². The Morgan fingerprint density at radius 3 is 2.43 bits per heavy atom. The summed E-state index contributed by atoms with van der Waals surface area (Å²) in [6.07, 6.45) is 4.52. The molecule has 0 bridgehead atoms. The van der Waals surface area contributed by atoms with Crippen LogP contribution in [0.4, 0.5) is 4.39 Å².